The summed E-state index contributed by atoms with van der Waals surface area (Å²) >= 11 is 1.72. The van der Waals surface area contributed by atoms with Gasteiger partial charge in [0.15, 0.2) is 6.61 Å². The molecule has 0 saturated carbocycles. The number of rotatable bonds is 4. The standard InChI is InChI=1S/C21H19N3O3S/c1-23-12-16(11-22-23)21(26)27-13-20(25)24-17-9-5-6-10-19(17)28-14-18(24)15-7-3-2-4-8-15/h2-12,18H,13-14H2,1H3/t18-/m1/s1. The second-order valence-corrected chi connectivity index (χ2v) is 7.51. The largest absolute Gasteiger partial charge is 0.452 e. The fraction of sp³-hybridized carbons (Fsp3) is 0.190. The average molecular weight is 393 g/mol. The van der Waals surface area contributed by atoms with Gasteiger partial charge < -0.3 is 4.74 Å². The molecule has 0 unspecified atom stereocenters. The lowest BCUT2D eigenvalue weighted by molar-refractivity contribution is -0.122. The highest BCUT2D eigenvalue weighted by atomic mass is 32.2. The number of carbonyl (C=O) groups is 2. The molecular weight excluding hydrogens is 374 g/mol. The van der Waals surface area contributed by atoms with Gasteiger partial charge in [0.05, 0.1) is 23.5 Å². The number of hydrogen-bond donors (Lipinski definition) is 0. The fourth-order valence-corrected chi connectivity index (χ4v) is 4.39. The number of aromatic nitrogens is 2. The molecule has 0 spiro atoms. The van der Waals surface area contributed by atoms with E-state index in [2.05, 4.69) is 5.10 Å². The molecule has 1 aromatic heterocycles. The Morgan fingerprint density at radius 1 is 1.14 bits per heavy atom. The van der Waals surface area contributed by atoms with Crippen LogP contribution in [0.1, 0.15) is 22.0 Å². The molecule has 4 rings (SSSR count). The predicted octanol–water partition coefficient (Wildman–Crippen LogP) is 3.46. The van der Waals surface area contributed by atoms with Gasteiger partial charge in [-0.25, -0.2) is 4.79 Å². The summed E-state index contributed by atoms with van der Waals surface area (Å²) in [5.74, 6) is -0.0696. The Balaban J connectivity index is 1.58. The van der Waals surface area contributed by atoms with E-state index in [1.165, 1.54) is 10.9 Å². The van der Waals surface area contributed by atoms with Crippen LogP contribution >= 0.6 is 11.8 Å². The van der Waals surface area contributed by atoms with Crippen molar-refractivity contribution < 1.29 is 14.3 Å². The van der Waals surface area contributed by atoms with E-state index in [0.29, 0.717) is 5.56 Å². The summed E-state index contributed by atoms with van der Waals surface area (Å²) in [6.45, 7) is -0.323. The Hall–Kier alpha value is -3.06. The van der Waals surface area contributed by atoms with E-state index in [0.717, 1.165) is 21.9 Å². The molecule has 7 heteroatoms. The Bertz CT molecular complexity index is 1000. The molecule has 1 aliphatic heterocycles. The molecule has 1 amide bonds. The van der Waals surface area contributed by atoms with Crippen molar-refractivity contribution in [2.45, 2.75) is 10.9 Å². The van der Waals surface area contributed by atoms with Crippen LogP contribution in [-0.2, 0) is 16.6 Å². The maximum absolute atomic E-state index is 13.1. The van der Waals surface area contributed by atoms with Crippen LogP contribution in [0, 0.1) is 0 Å². The molecule has 0 saturated heterocycles. The van der Waals surface area contributed by atoms with E-state index in [1.54, 1.807) is 29.9 Å². The van der Waals surface area contributed by atoms with Gasteiger partial charge in [-0.2, -0.15) is 5.10 Å². The number of para-hydroxylation sites is 1. The van der Waals surface area contributed by atoms with Crippen LogP contribution in [0.5, 0.6) is 0 Å². The summed E-state index contributed by atoms with van der Waals surface area (Å²) in [5, 5.41) is 3.95. The molecule has 0 fully saturated rings. The third-order valence-electron chi connectivity index (χ3n) is 4.55. The van der Waals surface area contributed by atoms with Gasteiger partial charge in [-0.1, -0.05) is 42.5 Å². The summed E-state index contributed by atoms with van der Waals surface area (Å²) in [7, 11) is 1.72. The number of thioether (sulfide) groups is 1. The zero-order valence-electron chi connectivity index (χ0n) is 15.3. The second kappa shape index (κ2) is 7.90. The van der Waals surface area contributed by atoms with E-state index < -0.39 is 5.97 Å². The van der Waals surface area contributed by atoms with Gasteiger partial charge in [-0.05, 0) is 17.7 Å². The third kappa shape index (κ3) is 3.66. The summed E-state index contributed by atoms with van der Waals surface area (Å²) in [6, 6.07) is 17.6. The molecule has 0 aliphatic carbocycles. The molecule has 2 aromatic carbocycles. The van der Waals surface area contributed by atoms with Crippen LogP contribution in [0.4, 0.5) is 5.69 Å². The van der Waals surface area contributed by atoms with Gasteiger partial charge in [0.25, 0.3) is 5.91 Å². The third-order valence-corrected chi connectivity index (χ3v) is 5.69. The molecule has 3 aromatic rings. The highest BCUT2D eigenvalue weighted by Gasteiger charge is 2.33. The minimum atomic E-state index is -0.558. The second-order valence-electron chi connectivity index (χ2n) is 6.45. The van der Waals surface area contributed by atoms with Crippen molar-refractivity contribution in [1.29, 1.82) is 0 Å². The smallest absolute Gasteiger partial charge is 0.341 e. The van der Waals surface area contributed by atoms with Crippen molar-refractivity contribution in [3.8, 4) is 0 Å². The summed E-state index contributed by atoms with van der Waals surface area (Å²) in [6.07, 6.45) is 2.98. The SMILES string of the molecule is Cn1cc(C(=O)OCC(=O)N2c3ccccc3SC[C@@H]2c2ccccc2)cn1. The number of amides is 1. The average Bonchev–Trinajstić information content (AvgIpc) is 3.18. The van der Waals surface area contributed by atoms with E-state index in [1.807, 2.05) is 54.6 Å². The number of benzene rings is 2. The minimum absolute atomic E-state index is 0.120. The van der Waals surface area contributed by atoms with Gasteiger partial charge >= 0.3 is 5.97 Å². The normalized spacial score (nSPS) is 15.8. The van der Waals surface area contributed by atoms with Crippen LogP contribution in [-0.4, -0.2) is 34.0 Å². The van der Waals surface area contributed by atoms with Crippen LogP contribution in [0.25, 0.3) is 0 Å². The number of anilines is 1. The summed E-state index contributed by atoms with van der Waals surface area (Å²) < 4.78 is 6.78. The van der Waals surface area contributed by atoms with Gasteiger partial charge in [0.1, 0.15) is 0 Å². The zero-order chi connectivity index (χ0) is 19.5. The molecule has 0 bridgehead atoms. The molecule has 142 valence electrons. The number of ether oxygens (including phenoxy) is 1. The first kappa shape index (κ1) is 18.3. The van der Waals surface area contributed by atoms with E-state index in [-0.39, 0.29) is 18.6 Å². The van der Waals surface area contributed by atoms with E-state index >= 15 is 0 Å². The first-order valence-electron chi connectivity index (χ1n) is 8.88. The number of nitrogens with zero attached hydrogens (tertiary/aromatic N) is 3. The van der Waals surface area contributed by atoms with Crippen LogP contribution in [0.3, 0.4) is 0 Å². The monoisotopic (exact) mass is 393 g/mol. The van der Waals surface area contributed by atoms with E-state index in [4.69, 9.17) is 4.74 Å². The van der Waals surface area contributed by atoms with Crippen LogP contribution < -0.4 is 4.90 Å². The van der Waals surface area contributed by atoms with Gasteiger partial charge in [-0.3, -0.25) is 14.4 Å². The number of aryl methyl sites for hydroxylation is 1. The summed E-state index contributed by atoms with van der Waals surface area (Å²) in [4.78, 5) is 28.1. The number of fused-ring (bicyclic) bond motifs is 1. The maximum atomic E-state index is 13.1. The lowest BCUT2D eigenvalue weighted by Crippen LogP contribution is -2.41. The van der Waals surface area contributed by atoms with Gasteiger partial charge in [0, 0.05) is 23.9 Å². The van der Waals surface area contributed by atoms with Crippen molar-refractivity contribution in [3.05, 3.63) is 78.1 Å². The zero-order valence-corrected chi connectivity index (χ0v) is 16.1. The molecule has 1 aliphatic rings. The van der Waals surface area contributed by atoms with Gasteiger partial charge in [0.2, 0.25) is 0 Å². The maximum Gasteiger partial charge on any atom is 0.341 e. The molecule has 1 atom stereocenters. The van der Waals surface area contributed by atoms with Crippen molar-refractivity contribution in [2.75, 3.05) is 17.3 Å². The molecular formula is C21H19N3O3S. The lowest BCUT2D eigenvalue weighted by Gasteiger charge is -2.37. The first-order chi connectivity index (χ1) is 13.6. The van der Waals surface area contributed by atoms with Crippen molar-refractivity contribution in [3.63, 3.8) is 0 Å². The van der Waals surface area contributed by atoms with Crippen molar-refractivity contribution in [1.82, 2.24) is 9.78 Å². The highest BCUT2D eigenvalue weighted by Crippen LogP contribution is 2.43. The molecule has 6 nitrogen and oxygen atoms in total. The van der Waals surface area contributed by atoms with Gasteiger partial charge in [-0.15, -0.1) is 11.8 Å². The lowest BCUT2D eigenvalue weighted by atomic mass is 10.1. The first-order valence-corrected chi connectivity index (χ1v) is 9.86. The summed E-state index contributed by atoms with van der Waals surface area (Å²) in [5.41, 5.74) is 2.22. The Morgan fingerprint density at radius 2 is 1.89 bits per heavy atom. The minimum Gasteiger partial charge on any atom is -0.452 e. The Kier molecular flexibility index (Phi) is 5.16. The quantitative estimate of drug-likeness (QED) is 0.635. The number of hydrogen-bond acceptors (Lipinski definition) is 5. The van der Waals surface area contributed by atoms with Crippen LogP contribution in [0.15, 0.2) is 71.9 Å². The Labute approximate surface area is 167 Å². The molecule has 0 N–H and O–H groups in total. The number of esters is 1. The highest BCUT2D eigenvalue weighted by molar-refractivity contribution is 7.99. The Morgan fingerprint density at radius 3 is 2.64 bits per heavy atom. The van der Waals surface area contributed by atoms with Crippen LogP contribution in [0.2, 0.25) is 0 Å². The van der Waals surface area contributed by atoms with Crippen molar-refractivity contribution in [2.24, 2.45) is 7.05 Å². The molecule has 0 radical (unpaired) electrons. The molecule has 2 heterocycles. The van der Waals surface area contributed by atoms with E-state index in [9.17, 15) is 9.59 Å². The van der Waals surface area contributed by atoms with Crippen molar-refractivity contribution >= 4 is 29.3 Å². The topological polar surface area (TPSA) is 64.4 Å². The number of carbonyl (C=O) groups excluding carboxylic acids is 2. The molecule has 28 heavy (non-hydrogen) atoms. The predicted molar refractivity (Wildman–Crippen MR) is 107 cm³/mol. The fourth-order valence-electron chi connectivity index (χ4n) is 3.22.